The first-order valence-electron chi connectivity index (χ1n) is 8.60. The van der Waals surface area contributed by atoms with Crippen molar-refractivity contribution in [3.63, 3.8) is 0 Å². The molecule has 1 amide bonds. The zero-order valence-electron chi connectivity index (χ0n) is 15.5. The standard InChI is InChI=1S/C20H19N5O3/c1-14-11-15(2)24(23-14)13-17-3-7-18(8-4-17)20(26)22-21-12-16-5-9-19(10-6-16)25(27)28/h3-12H,13H2,1-2H3,(H,22,26)/b21-12+. The fourth-order valence-corrected chi connectivity index (χ4v) is 2.68. The SMILES string of the molecule is Cc1cc(C)n(Cc2ccc(C(=O)N/N=C/c3ccc([N+](=O)[O-])cc3)cc2)n1. The Morgan fingerprint density at radius 2 is 1.86 bits per heavy atom. The van der Waals surface area contributed by atoms with Gasteiger partial charge in [0.15, 0.2) is 0 Å². The lowest BCUT2D eigenvalue weighted by molar-refractivity contribution is -0.384. The maximum absolute atomic E-state index is 12.2. The first-order valence-corrected chi connectivity index (χ1v) is 8.60. The molecule has 1 aromatic heterocycles. The van der Waals surface area contributed by atoms with Gasteiger partial charge in [0.05, 0.1) is 23.4 Å². The Morgan fingerprint density at radius 1 is 1.18 bits per heavy atom. The highest BCUT2D eigenvalue weighted by molar-refractivity contribution is 5.94. The summed E-state index contributed by atoms with van der Waals surface area (Å²) < 4.78 is 1.92. The number of amides is 1. The Labute approximate surface area is 161 Å². The van der Waals surface area contributed by atoms with E-state index < -0.39 is 4.92 Å². The minimum atomic E-state index is -0.471. The Balaban J connectivity index is 1.58. The largest absolute Gasteiger partial charge is 0.271 e. The summed E-state index contributed by atoms with van der Waals surface area (Å²) in [6, 6.07) is 15.1. The lowest BCUT2D eigenvalue weighted by atomic mass is 10.1. The molecule has 0 bridgehead atoms. The zero-order chi connectivity index (χ0) is 20.1. The molecule has 0 aliphatic rings. The molecule has 28 heavy (non-hydrogen) atoms. The van der Waals surface area contributed by atoms with E-state index in [2.05, 4.69) is 15.6 Å². The van der Waals surface area contributed by atoms with Crippen LogP contribution >= 0.6 is 0 Å². The van der Waals surface area contributed by atoms with Crippen LogP contribution in [0.15, 0.2) is 59.7 Å². The molecule has 2 aromatic carbocycles. The number of non-ortho nitro benzene ring substituents is 1. The van der Waals surface area contributed by atoms with E-state index in [-0.39, 0.29) is 11.6 Å². The lowest BCUT2D eigenvalue weighted by Crippen LogP contribution is -2.17. The number of rotatable bonds is 6. The predicted octanol–water partition coefficient (Wildman–Crippen LogP) is 3.22. The highest BCUT2D eigenvalue weighted by Crippen LogP contribution is 2.11. The maximum Gasteiger partial charge on any atom is 0.271 e. The lowest BCUT2D eigenvalue weighted by Gasteiger charge is -2.06. The van der Waals surface area contributed by atoms with Crippen molar-refractivity contribution >= 4 is 17.8 Å². The van der Waals surface area contributed by atoms with Crippen LogP contribution in [0.5, 0.6) is 0 Å². The van der Waals surface area contributed by atoms with Gasteiger partial charge in [-0.15, -0.1) is 0 Å². The number of nitrogens with zero attached hydrogens (tertiary/aromatic N) is 4. The fraction of sp³-hybridized carbons (Fsp3) is 0.150. The molecule has 0 saturated carbocycles. The normalized spacial score (nSPS) is 10.9. The summed E-state index contributed by atoms with van der Waals surface area (Å²) in [6.07, 6.45) is 1.43. The minimum absolute atomic E-state index is 0.00161. The van der Waals surface area contributed by atoms with Crippen molar-refractivity contribution in [2.75, 3.05) is 0 Å². The second-order valence-corrected chi connectivity index (χ2v) is 6.33. The van der Waals surface area contributed by atoms with E-state index in [1.807, 2.05) is 36.7 Å². The van der Waals surface area contributed by atoms with E-state index >= 15 is 0 Å². The molecule has 8 nitrogen and oxygen atoms in total. The second kappa shape index (κ2) is 8.26. The molecule has 0 radical (unpaired) electrons. The van der Waals surface area contributed by atoms with Gasteiger partial charge in [0, 0.05) is 23.4 Å². The zero-order valence-corrected chi connectivity index (χ0v) is 15.5. The molecule has 0 spiro atoms. The van der Waals surface area contributed by atoms with E-state index in [4.69, 9.17) is 0 Å². The molecular weight excluding hydrogens is 358 g/mol. The molecule has 0 fully saturated rings. The smallest absolute Gasteiger partial charge is 0.267 e. The molecule has 0 atom stereocenters. The number of aromatic nitrogens is 2. The number of nitro benzene ring substituents is 1. The van der Waals surface area contributed by atoms with Gasteiger partial charge >= 0.3 is 0 Å². The van der Waals surface area contributed by atoms with E-state index in [0.717, 1.165) is 17.0 Å². The highest BCUT2D eigenvalue weighted by Gasteiger charge is 2.06. The fourth-order valence-electron chi connectivity index (χ4n) is 2.68. The molecule has 8 heteroatoms. The minimum Gasteiger partial charge on any atom is -0.267 e. The molecule has 0 aliphatic carbocycles. The molecule has 3 rings (SSSR count). The van der Waals surface area contributed by atoms with Gasteiger partial charge < -0.3 is 0 Å². The van der Waals surface area contributed by atoms with Gasteiger partial charge in [-0.2, -0.15) is 10.2 Å². The van der Waals surface area contributed by atoms with Gasteiger partial charge in [0.2, 0.25) is 0 Å². The molecule has 142 valence electrons. The average Bonchev–Trinajstić information content (AvgIpc) is 2.99. The van der Waals surface area contributed by atoms with Crippen molar-refractivity contribution in [3.05, 3.63) is 92.8 Å². The third kappa shape index (κ3) is 4.67. The number of benzene rings is 2. The molecule has 3 aromatic rings. The van der Waals surface area contributed by atoms with Gasteiger partial charge in [-0.1, -0.05) is 12.1 Å². The van der Waals surface area contributed by atoms with E-state index in [1.165, 1.54) is 18.3 Å². The third-order valence-electron chi connectivity index (χ3n) is 4.14. The summed E-state index contributed by atoms with van der Waals surface area (Å²) in [5, 5.41) is 18.9. The quantitative estimate of drug-likeness (QED) is 0.405. The number of nitro groups is 1. The van der Waals surface area contributed by atoms with Crippen LogP contribution in [0.3, 0.4) is 0 Å². The van der Waals surface area contributed by atoms with E-state index in [0.29, 0.717) is 17.7 Å². The van der Waals surface area contributed by atoms with E-state index in [9.17, 15) is 14.9 Å². The number of carbonyl (C=O) groups excluding carboxylic acids is 1. The van der Waals surface area contributed by atoms with Crippen LogP contribution in [0.4, 0.5) is 5.69 Å². The Hall–Kier alpha value is -3.81. The molecule has 0 unspecified atom stereocenters. The third-order valence-corrected chi connectivity index (χ3v) is 4.14. The van der Waals surface area contributed by atoms with Crippen LogP contribution < -0.4 is 5.43 Å². The topological polar surface area (TPSA) is 102 Å². The van der Waals surface area contributed by atoms with Crippen LogP contribution in [0.1, 0.15) is 32.9 Å². The summed E-state index contributed by atoms with van der Waals surface area (Å²) >= 11 is 0. The summed E-state index contributed by atoms with van der Waals surface area (Å²) in [7, 11) is 0. The van der Waals surface area contributed by atoms with E-state index in [1.54, 1.807) is 24.3 Å². The Bertz CT molecular complexity index is 1020. The first-order chi connectivity index (χ1) is 13.4. The molecule has 1 N–H and O–H groups in total. The van der Waals surface area contributed by atoms with Crippen molar-refractivity contribution in [2.45, 2.75) is 20.4 Å². The van der Waals surface area contributed by atoms with Crippen LogP contribution in [0, 0.1) is 24.0 Å². The van der Waals surface area contributed by atoms with Gasteiger partial charge in [0.25, 0.3) is 11.6 Å². The number of carbonyl (C=O) groups is 1. The Kier molecular flexibility index (Phi) is 5.59. The molecule has 0 saturated heterocycles. The van der Waals surface area contributed by atoms with Crippen molar-refractivity contribution < 1.29 is 9.72 Å². The number of hydrogen-bond acceptors (Lipinski definition) is 5. The average molecular weight is 377 g/mol. The first kappa shape index (κ1) is 19.0. The van der Waals surface area contributed by atoms with Gasteiger partial charge in [-0.25, -0.2) is 5.43 Å². The highest BCUT2D eigenvalue weighted by atomic mass is 16.6. The number of nitrogens with one attached hydrogen (secondary N) is 1. The van der Waals surface area contributed by atoms with Crippen LogP contribution in [0.2, 0.25) is 0 Å². The maximum atomic E-state index is 12.2. The summed E-state index contributed by atoms with van der Waals surface area (Å²) in [5.41, 5.74) is 6.67. The number of hydrazone groups is 1. The van der Waals surface area contributed by atoms with Crippen molar-refractivity contribution in [2.24, 2.45) is 5.10 Å². The monoisotopic (exact) mass is 377 g/mol. The van der Waals surface area contributed by atoms with Gasteiger partial charge in [-0.05, 0) is 55.3 Å². The predicted molar refractivity (Wildman–Crippen MR) is 105 cm³/mol. The van der Waals surface area contributed by atoms with Crippen molar-refractivity contribution in [1.29, 1.82) is 0 Å². The van der Waals surface area contributed by atoms with Crippen LogP contribution in [-0.4, -0.2) is 26.8 Å². The van der Waals surface area contributed by atoms with Crippen LogP contribution in [0.25, 0.3) is 0 Å². The van der Waals surface area contributed by atoms with Crippen molar-refractivity contribution in [3.8, 4) is 0 Å². The molecule has 0 aliphatic heterocycles. The van der Waals surface area contributed by atoms with Crippen LogP contribution in [-0.2, 0) is 6.54 Å². The summed E-state index contributed by atoms with van der Waals surface area (Å²) in [5.74, 6) is -0.337. The Morgan fingerprint density at radius 3 is 2.43 bits per heavy atom. The number of aryl methyl sites for hydroxylation is 2. The summed E-state index contributed by atoms with van der Waals surface area (Å²) in [4.78, 5) is 22.3. The summed E-state index contributed by atoms with van der Waals surface area (Å²) in [6.45, 7) is 4.60. The molecular formula is C20H19N5O3. The van der Waals surface area contributed by atoms with Crippen molar-refractivity contribution in [1.82, 2.24) is 15.2 Å². The second-order valence-electron chi connectivity index (χ2n) is 6.33. The van der Waals surface area contributed by atoms with Gasteiger partial charge in [0.1, 0.15) is 0 Å². The number of hydrogen-bond donors (Lipinski definition) is 1. The molecule has 1 heterocycles. The van der Waals surface area contributed by atoms with Gasteiger partial charge in [-0.3, -0.25) is 19.6 Å².